The largest absolute Gasteiger partial charge is 0.338 e. The molecule has 2 aliphatic heterocycles. The monoisotopic (exact) mass is 471 g/mol. The first-order valence-electron chi connectivity index (χ1n) is 11.3. The van der Waals surface area contributed by atoms with Crippen LogP contribution < -0.4 is 0 Å². The summed E-state index contributed by atoms with van der Waals surface area (Å²) in [4.78, 5) is 30.0. The van der Waals surface area contributed by atoms with Gasteiger partial charge in [0.2, 0.25) is 0 Å². The van der Waals surface area contributed by atoms with E-state index in [1.807, 2.05) is 70.5 Å². The first-order chi connectivity index (χ1) is 16.5. The Bertz CT molecular complexity index is 1370. The van der Waals surface area contributed by atoms with Crippen LogP contribution in [0.1, 0.15) is 20.7 Å². The predicted octanol–water partition coefficient (Wildman–Crippen LogP) is 4.12. The first-order valence-corrected chi connectivity index (χ1v) is 11.7. The van der Waals surface area contributed by atoms with Crippen molar-refractivity contribution in [2.75, 3.05) is 26.2 Å². The second-order valence-electron chi connectivity index (χ2n) is 9.07. The van der Waals surface area contributed by atoms with Crippen LogP contribution >= 0.6 is 11.6 Å². The van der Waals surface area contributed by atoms with Crippen molar-refractivity contribution in [1.82, 2.24) is 25.2 Å². The number of amides is 2. The van der Waals surface area contributed by atoms with E-state index in [1.54, 1.807) is 6.07 Å². The van der Waals surface area contributed by atoms with Crippen LogP contribution in [0, 0.1) is 11.8 Å². The molecule has 4 aromatic rings. The molecule has 34 heavy (non-hydrogen) atoms. The highest BCUT2D eigenvalue weighted by Gasteiger charge is 2.43. The smallest absolute Gasteiger partial charge is 0.253 e. The Morgan fingerprint density at radius 2 is 1.29 bits per heavy atom. The van der Waals surface area contributed by atoms with Crippen LogP contribution in [0.3, 0.4) is 0 Å². The van der Waals surface area contributed by atoms with E-state index in [2.05, 4.69) is 15.4 Å². The Balaban J connectivity index is 1.10. The summed E-state index contributed by atoms with van der Waals surface area (Å²) in [5, 5.41) is 11.3. The van der Waals surface area contributed by atoms with Gasteiger partial charge in [0.15, 0.2) is 0 Å². The maximum Gasteiger partial charge on any atom is 0.253 e. The Morgan fingerprint density at radius 1 is 0.765 bits per heavy atom. The zero-order valence-corrected chi connectivity index (χ0v) is 19.1. The third kappa shape index (κ3) is 3.72. The average molecular weight is 472 g/mol. The molecule has 2 aliphatic rings. The Kier molecular flexibility index (Phi) is 5.07. The molecule has 7 nitrogen and oxygen atoms in total. The lowest BCUT2D eigenvalue weighted by atomic mass is 10.0. The molecule has 2 atom stereocenters. The van der Waals surface area contributed by atoms with Crippen LogP contribution in [0.15, 0.2) is 66.7 Å². The SMILES string of the molecule is O=C(c1ccc(-c2ccc(Cl)cc2)cc1)N1C[C@H]2CN(C(=O)c3ccc4[nH]nnc4c3)C[C@@H]2C1. The van der Waals surface area contributed by atoms with Gasteiger partial charge in [0.1, 0.15) is 5.52 Å². The molecule has 1 N–H and O–H groups in total. The van der Waals surface area contributed by atoms with Crippen molar-refractivity contribution in [1.29, 1.82) is 0 Å². The van der Waals surface area contributed by atoms with Crippen molar-refractivity contribution in [3.63, 3.8) is 0 Å². The topological polar surface area (TPSA) is 82.2 Å². The van der Waals surface area contributed by atoms with Gasteiger partial charge in [-0.15, -0.1) is 5.10 Å². The molecule has 0 radical (unpaired) electrons. The van der Waals surface area contributed by atoms with Gasteiger partial charge < -0.3 is 9.80 Å². The summed E-state index contributed by atoms with van der Waals surface area (Å²) < 4.78 is 0. The van der Waals surface area contributed by atoms with Crippen molar-refractivity contribution in [3.05, 3.63) is 82.9 Å². The summed E-state index contributed by atoms with van der Waals surface area (Å²) >= 11 is 5.98. The normalized spacial score (nSPS) is 19.6. The molecular formula is C26H22ClN5O2. The summed E-state index contributed by atoms with van der Waals surface area (Å²) in [6.07, 6.45) is 0. The average Bonchev–Trinajstić information content (AvgIpc) is 3.58. The molecule has 0 aliphatic carbocycles. The van der Waals surface area contributed by atoms with Crippen LogP contribution in [-0.4, -0.2) is 63.2 Å². The molecule has 0 saturated carbocycles. The highest BCUT2D eigenvalue weighted by molar-refractivity contribution is 6.30. The van der Waals surface area contributed by atoms with E-state index in [4.69, 9.17) is 11.6 Å². The van der Waals surface area contributed by atoms with E-state index >= 15 is 0 Å². The third-order valence-electron chi connectivity index (χ3n) is 6.94. The second kappa shape index (κ2) is 8.25. The molecule has 3 heterocycles. The number of likely N-dealkylation sites (tertiary alicyclic amines) is 2. The number of aromatic nitrogens is 3. The standard InChI is InChI=1S/C26H22ClN5O2/c27-22-8-5-17(6-9-22)16-1-3-18(4-2-16)25(33)31-12-20-14-32(15-21(20)13-31)26(34)19-7-10-23-24(11-19)29-30-28-23/h1-11,20-21H,12-15H2,(H,28,29,30)/t20-,21-/m0/s1. The van der Waals surface area contributed by atoms with Gasteiger partial charge in [-0.05, 0) is 53.6 Å². The summed E-state index contributed by atoms with van der Waals surface area (Å²) in [6.45, 7) is 2.68. The molecule has 0 spiro atoms. The van der Waals surface area contributed by atoms with E-state index in [-0.39, 0.29) is 11.8 Å². The number of aromatic amines is 1. The number of hydrogen-bond acceptors (Lipinski definition) is 4. The van der Waals surface area contributed by atoms with Gasteiger partial charge in [0.25, 0.3) is 11.8 Å². The number of H-pyrrole nitrogens is 1. The van der Waals surface area contributed by atoms with Gasteiger partial charge in [0.05, 0.1) is 5.52 Å². The van der Waals surface area contributed by atoms with Gasteiger partial charge >= 0.3 is 0 Å². The van der Waals surface area contributed by atoms with Crippen molar-refractivity contribution in [2.45, 2.75) is 0 Å². The molecule has 3 aromatic carbocycles. The van der Waals surface area contributed by atoms with Crippen molar-refractivity contribution >= 4 is 34.4 Å². The second-order valence-corrected chi connectivity index (χ2v) is 9.50. The minimum Gasteiger partial charge on any atom is -0.338 e. The quantitative estimate of drug-likeness (QED) is 0.487. The van der Waals surface area contributed by atoms with Gasteiger partial charge in [-0.1, -0.05) is 41.1 Å². The summed E-state index contributed by atoms with van der Waals surface area (Å²) in [5.41, 5.74) is 4.91. The summed E-state index contributed by atoms with van der Waals surface area (Å²) in [6, 6.07) is 20.8. The van der Waals surface area contributed by atoms with Crippen molar-refractivity contribution in [3.8, 4) is 11.1 Å². The van der Waals surface area contributed by atoms with E-state index in [0.29, 0.717) is 59.7 Å². The van der Waals surface area contributed by atoms with E-state index in [1.165, 1.54) is 0 Å². The van der Waals surface area contributed by atoms with Crippen molar-refractivity contribution < 1.29 is 9.59 Å². The third-order valence-corrected chi connectivity index (χ3v) is 7.19. The molecule has 2 saturated heterocycles. The number of carbonyl (C=O) groups excluding carboxylic acids is 2. The minimum absolute atomic E-state index is 0.00923. The molecule has 8 heteroatoms. The molecule has 2 fully saturated rings. The number of carbonyl (C=O) groups is 2. The molecule has 0 unspecified atom stereocenters. The van der Waals surface area contributed by atoms with Gasteiger partial charge in [-0.25, -0.2) is 0 Å². The molecule has 170 valence electrons. The highest BCUT2D eigenvalue weighted by Crippen LogP contribution is 2.33. The summed E-state index contributed by atoms with van der Waals surface area (Å²) in [7, 11) is 0. The van der Waals surface area contributed by atoms with Gasteiger partial charge in [-0.3, -0.25) is 14.7 Å². The van der Waals surface area contributed by atoms with Crippen LogP contribution in [-0.2, 0) is 0 Å². The highest BCUT2D eigenvalue weighted by atomic mass is 35.5. The number of nitrogens with one attached hydrogen (secondary N) is 1. The Hall–Kier alpha value is -3.71. The van der Waals surface area contributed by atoms with Gasteiger partial charge in [-0.2, -0.15) is 0 Å². The molecule has 2 amide bonds. The molecular weight excluding hydrogens is 450 g/mol. The Morgan fingerprint density at radius 3 is 1.91 bits per heavy atom. The molecule has 1 aromatic heterocycles. The molecule has 0 bridgehead atoms. The van der Waals surface area contributed by atoms with E-state index < -0.39 is 0 Å². The fourth-order valence-electron chi connectivity index (χ4n) is 5.11. The molecule has 6 rings (SSSR count). The maximum absolute atomic E-state index is 13.1. The van der Waals surface area contributed by atoms with Crippen LogP contribution in [0.4, 0.5) is 0 Å². The van der Waals surface area contributed by atoms with Gasteiger partial charge in [0, 0.05) is 54.2 Å². The number of nitrogens with zero attached hydrogens (tertiary/aromatic N) is 4. The van der Waals surface area contributed by atoms with Crippen LogP contribution in [0.5, 0.6) is 0 Å². The number of hydrogen-bond donors (Lipinski definition) is 1. The zero-order chi connectivity index (χ0) is 23.2. The predicted molar refractivity (Wildman–Crippen MR) is 130 cm³/mol. The minimum atomic E-state index is 0.00923. The number of benzene rings is 3. The lowest BCUT2D eigenvalue weighted by Gasteiger charge is -2.22. The van der Waals surface area contributed by atoms with Crippen LogP contribution in [0.25, 0.3) is 22.2 Å². The maximum atomic E-state index is 13.1. The first kappa shape index (κ1) is 20.9. The number of rotatable bonds is 3. The lowest BCUT2D eigenvalue weighted by Crippen LogP contribution is -2.35. The number of fused-ring (bicyclic) bond motifs is 2. The fraction of sp³-hybridized carbons (Fsp3) is 0.231. The zero-order valence-electron chi connectivity index (χ0n) is 18.3. The van der Waals surface area contributed by atoms with E-state index in [0.717, 1.165) is 16.6 Å². The fourth-order valence-corrected chi connectivity index (χ4v) is 5.24. The summed E-state index contributed by atoms with van der Waals surface area (Å²) in [5.74, 6) is 0.662. The Labute approximate surface area is 201 Å². The van der Waals surface area contributed by atoms with E-state index in [9.17, 15) is 9.59 Å². The van der Waals surface area contributed by atoms with Crippen LogP contribution in [0.2, 0.25) is 5.02 Å². The number of halogens is 1. The van der Waals surface area contributed by atoms with Crippen molar-refractivity contribution in [2.24, 2.45) is 11.8 Å². The lowest BCUT2D eigenvalue weighted by molar-refractivity contribution is 0.0738.